The first-order valence-electron chi connectivity index (χ1n) is 9.78. The normalized spacial score (nSPS) is 24.9. The van der Waals surface area contributed by atoms with E-state index in [1.807, 2.05) is 39.0 Å². The number of amides is 1. The van der Waals surface area contributed by atoms with Crippen molar-refractivity contribution in [1.82, 2.24) is 10.2 Å². The third-order valence-electron chi connectivity index (χ3n) is 5.18. The van der Waals surface area contributed by atoms with E-state index in [0.29, 0.717) is 13.2 Å². The van der Waals surface area contributed by atoms with Crippen LogP contribution in [0.3, 0.4) is 0 Å². The summed E-state index contributed by atoms with van der Waals surface area (Å²) >= 11 is 0. The number of nitrogens with one attached hydrogen (secondary N) is 1. The summed E-state index contributed by atoms with van der Waals surface area (Å²) in [5.74, 6) is -0.512. The fourth-order valence-corrected chi connectivity index (χ4v) is 3.97. The molecule has 1 heterocycles. The number of likely N-dealkylation sites (N-methyl/N-ethyl adjacent to an activating group) is 1. The van der Waals surface area contributed by atoms with Gasteiger partial charge in [-0.25, -0.2) is 4.79 Å². The molecule has 150 valence electrons. The lowest BCUT2D eigenvalue weighted by molar-refractivity contribution is -0.192. The molecule has 0 radical (unpaired) electrons. The van der Waals surface area contributed by atoms with Gasteiger partial charge in [-0.1, -0.05) is 30.3 Å². The lowest BCUT2D eigenvalue weighted by Crippen LogP contribution is -2.58. The summed E-state index contributed by atoms with van der Waals surface area (Å²) in [6.07, 6.45) is 1.94. The van der Waals surface area contributed by atoms with Gasteiger partial charge in [0.25, 0.3) is 0 Å². The Kier molecular flexibility index (Phi) is 6.08. The second-order valence-electron chi connectivity index (χ2n) is 8.57. The number of benzene rings is 1. The molecule has 0 aromatic heterocycles. The van der Waals surface area contributed by atoms with Gasteiger partial charge in [0.2, 0.25) is 0 Å². The van der Waals surface area contributed by atoms with E-state index in [1.54, 1.807) is 0 Å². The zero-order valence-electron chi connectivity index (χ0n) is 16.9. The van der Waals surface area contributed by atoms with Gasteiger partial charge >= 0.3 is 6.09 Å². The van der Waals surface area contributed by atoms with E-state index in [0.717, 1.165) is 25.8 Å². The van der Waals surface area contributed by atoms with Crippen molar-refractivity contribution in [1.29, 1.82) is 0 Å². The average molecular weight is 376 g/mol. The Morgan fingerprint density at radius 1 is 1.26 bits per heavy atom. The Bertz CT molecular complexity index is 623. The molecule has 2 atom stereocenters. The van der Waals surface area contributed by atoms with Crippen LogP contribution in [0.4, 0.5) is 4.79 Å². The van der Waals surface area contributed by atoms with Crippen molar-refractivity contribution in [3.8, 4) is 0 Å². The number of ether oxygens (including phenoxy) is 3. The highest BCUT2D eigenvalue weighted by atomic mass is 16.7. The third-order valence-corrected chi connectivity index (χ3v) is 5.18. The number of rotatable bonds is 4. The minimum atomic E-state index is -0.512. The Morgan fingerprint density at radius 3 is 2.56 bits per heavy atom. The van der Waals surface area contributed by atoms with E-state index >= 15 is 0 Å². The molecule has 1 spiro atoms. The van der Waals surface area contributed by atoms with Crippen LogP contribution in [0.2, 0.25) is 0 Å². The van der Waals surface area contributed by atoms with E-state index in [2.05, 4.69) is 29.4 Å². The molecule has 1 N–H and O–H groups in total. The van der Waals surface area contributed by atoms with Crippen LogP contribution in [0, 0.1) is 0 Å². The lowest BCUT2D eigenvalue weighted by atomic mass is 9.84. The molecule has 27 heavy (non-hydrogen) atoms. The SMILES string of the molecule is CN(Cc1ccccc1)[C@H]1CC2(CC[C@@H]1NC(=O)OC(C)(C)C)OCCO2. The summed E-state index contributed by atoms with van der Waals surface area (Å²) in [6.45, 7) is 7.71. The van der Waals surface area contributed by atoms with E-state index < -0.39 is 11.4 Å². The molecule has 1 aromatic carbocycles. The monoisotopic (exact) mass is 376 g/mol. The van der Waals surface area contributed by atoms with Gasteiger partial charge in [-0.2, -0.15) is 0 Å². The van der Waals surface area contributed by atoms with Crippen molar-refractivity contribution < 1.29 is 19.0 Å². The summed E-state index contributed by atoms with van der Waals surface area (Å²) in [4.78, 5) is 14.6. The molecule has 6 heteroatoms. The molecular formula is C21H32N2O4. The number of hydrogen-bond donors (Lipinski definition) is 1. The second kappa shape index (κ2) is 8.17. The second-order valence-corrected chi connectivity index (χ2v) is 8.57. The molecule has 1 aliphatic heterocycles. The first-order valence-corrected chi connectivity index (χ1v) is 9.78. The smallest absolute Gasteiger partial charge is 0.407 e. The Morgan fingerprint density at radius 2 is 1.93 bits per heavy atom. The van der Waals surface area contributed by atoms with Crippen LogP contribution in [0.5, 0.6) is 0 Å². The maximum atomic E-state index is 12.4. The highest BCUT2D eigenvalue weighted by Crippen LogP contribution is 2.38. The van der Waals surface area contributed by atoms with Gasteiger partial charge in [0.05, 0.1) is 13.2 Å². The summed E-state index contributed by atoms with van der Waals surface area (Å²) in [7, 11) is 2.09. The van der Waals surface area contributed by atoms with Crippen LogP contribution in [-0.2, 0) is 20.8 Å². The van der Waals surface area contributed by atoms with Crippen LogP contribution in [0.25, 0.3) is 0 Å². The standard InChI is InChI=1S/C21H32N2O4/c1-20(2,3)27-19(24)22-17-10-11-21(25-12-13-26-21)14-18(17)23(4)15-16-8-6-5-7-9-16/h5-9,17-18H,10-15H2,1-4H3,(H,22,24)/t17-,18-/m0/s1. The highest BCUT2D eigenvalue weighted by Gasteiger charge is 2.47. The molecule has 0 bridgehead atoms. The molecular weight excluding hydrogens is 344 g/mol. The van der Waals surface area contributed by atoms with Gasteiger partial charge in [-0.3, -0.25) is 4.90 Å². The zero-order valence-corrected chi connectivity index (χ0v) is 16.9. The highest BCUT2D eigenvalue weighted by molar-refractivity contribution is 5.68. The maximum Gasteiger partial charge on any atom is 0.407 e. The van der Waals surface area contributed by atoms with Crippen molar-refractivity contribution in [2.75, 3.05) is 20.3 Å². The first-order chi connectivity index (χ1) is 12.8. The van der Waals surface area contributed by atoms with Gasteiger partial charge in [-0.15, -0.1) is 0 Å². The Balaban J connectivity index is 1.71. The first kappa shape index (κ1) is 20.1. The molecule has 3 rings (SSSR count). The van der Waals surface area contributed by atoms with Crippen molar-refractivity contribution in [2.24, 2.45) is 0 Å². The molecule has 1 aliphatic carbocycles. The number of carbonyl (C=O) groups excluding carboxylic acids is 1. The summed E-state index contributed by atoms with van der Waals surface area (Å²) in [6, 6.07) is 10.4. The summed E-state index contributed by atoms with van der Waals surface area (Å²) in [5.41, 5.74) is 0.729. The molecule has 1 aromatic rings. The van der Waals surface area contributed by atoms with E-state index in [4.69, 9.17) is 14.2 Å². The van der Waals surface area contributed by atoms with Crippen LogP contribution < -0.4 is 5.32 Å². The molecule has 2 aliphatic rings. The molecule has 6 nitrogen and oxygen atoms in total. The predicted molar refractivity (Wildman–Crippen MR) is 103 cm³/mol. The van der Waals surface area contributed by atoms with Crippen LogP contribution >= 0.6 is 0 Å². The Labute approximate surface area is 162 Å². The number of carbonyl (C=O) groups is 1. The molecule has 1 saturated carbocycles. The van der Waals surface area contributed by atoms with Gasteiger partial charge in [0.15, 0.2) is 5.79 Å². The molecule has 1 saturated heterocycles. The van der Waals surface area contributed by atoms with Crippen LogP contribution in [-0.4, -0.2) is 54.7 Å². The average Bonchev–Trinajstić information content (AvgIpc) is 3.04. The lowest BCUT2D eigenvalue weighted by Gasteiger charge is -2.45. The fraction of sp³-hybridized carbons (Fsp3) is 0.667. The quantitative estimate of drug-likeness (QED) is 0.874. The van der Waals surface area contributed by atoms with Gasteiger partial charge in [-0.05, 0) is 39.8 Å². The minimum Gasteiger partial charge on any atom is -0.444 e. The number of alkyl carbamates (subject to hydrolysis) is 1. The van der Waals surface area contributed by atoms with Gasteiger partial charge in [0.1, 0.15) is 5.60 Å². The number of nitrogens with zero attached hydrogens (tertiary/aromatic N) is 1. The number of hydrogen-bond acceptors (Lipinski definition) is 5. The van der Waals surface area contributed by atoms with Crippen molar-refractivity contribution in [2.45, 2.75) is 70.1 Å². The maximum absolute atomic E-state index is 12.4. The predicted octanol–water partition coefficient (Wildman–Crippen LogP) is 3.31. The van der Waals surface area contributed by atoms with Crippen molar-refractivity contribution >= 4 is 6.09 Å². The van der Waals surface area contributed by atoms with Crippen molar-refractivity contribution in [3.63, 3.8) is 0 Å². The third kappa shape index (κ3) is 5.43. The van der Waals surface area contributed by atoms with Crippen LogP contribution in [0.15, 0.2) is 30.3 Å². The van der Waals surface area contributed by atoms with E-state index in [-0.39, 0.29) is 18.2 Å². The van der Waals surface area contributed by atoms with Gasteiger partial charge < -0.3 is 19.5 Å². The Hall–Kier alpha value is -1.63. The zero-order chi connectivity index (χ0) is 19.5. The topological polar surface area (TPSA) is 60.0 Å². The van der Waals surface area contributed by atoms with E-state index in [9.17, 15) is 4.79 Å². The van der Waals surface area contributed by atoms with Crippen LogP contribution in [0.1, 0.15) is 45.6 Å². The molecule has 2 fully saturated rings. The summed E-state index contributed by atoms with van der Waals surface area (Å²) < 4.78 is 17.4. The fourth-order valence-electron chi connectivity index (χ4n) is 3.97. The van der Waals surface area contributed by atoms with Gasteiger partial charge in [0, 0.05) is 31.5 Å². The summed E-state index contributed by atoms with van der Waals surface area (Å²) in [5, 5.41) is 3.08. The van der Waals surface area contributed by atoms with E-state index in [1.165, 1.54) is 5.56 Å². The molecule has 0 unspecified atom stereocenters. The largest absolute Gasteiger partial charge is 0.444 e. The van der Waals surface area contributed by atoms with Crippen molar-refractivity contribution in [3.05, 3.63) is 35.9 Å². The molecule has 1 amide bonds. The minimum absolute atomic E-state index is 0.00742.